The monoisotopic (exact) mass is 1150 g/mol. The number of ether oxygens (including phenoxy) is 1. The molecule has 0 aliphatic carbocycles. The second kappa shape index (κ2) is 17.4. The third-order valence-corrected chi connectivity index (χ3v) is 15.9. The normalized spacial score (nSPS) is 12.4. The van der Waals surface area contributed by atoms with Crippen LogP contribution >= 0.6 is 128 Å². The van der Waals surface area contributed by atoms with Gasteiger partial charge in [-0.3, -0.25) is 0 Å². The van der Waals surface area contributed by atoms with Gasteiger partial charge in [0.05, 0.1) is 73.5 Å². The summed E-state index contributed by atoms with van der Waals surface area (Å²) in [4.78, 5) is 39.2. The van der Waals surface area contributed by atoms with Crippen molar-refractivity contribution in [2.45, 2.75) is 52.4 Å². The number of hydrogen-bond acceptors (Lipinski definition) is 7. The van der Waals surface area contributed by atoms with Crippen LogP contribution < -0.4 is 14.7 Å². The van der Waals surface area contributed by atoms with Gasteiger partial charge in [0, 0.05) is 55.6 Å². The van der Waals surface area contributed by atoms with Crippen LogP contribution in [-0.4, -0.2) is 29.9 Å². The molecule has 0 saturated heterocycles. The molecule has 0 fully saturated rings. The molecule has 0 unspecified atom stereocenters. The van der Waals surface area contributed by atoms with Gasteiger partial charge in [-0.05, 0) is 44.9 Å². The maximum atomic E-state index is 7.44. The number of nitrogens with zero attached hydrogens (tertiary/aromatic N) is 8. The maximum Gasteiger partial charge on any atom is 2.00 e. The average molecular weight is 1160 g/mol. The predicted octanol–water partition coefficient (Wildman–Crippen LogP) is 17.7. The van der Waals surface area contributed by atoms with Crippen molar-refractivity contribution in [1.29, 1.82) is 0 Å². The largest absolute Gasteiger partial charge is 2.00 e. The van der Waals surface area contributed by atoms with E-state index >= 15 is 0 Å². The van der Waals surface area contributed by atoms with E-state index in [9.17, 15) is 0 Å². The van der Waals surface area contributed by atoms with E-state index in [1.165, 1.54) is 0 Å². The zero-order chi connectivity index (χ0) is 47.2. The van der Waals surface area contributed by atoms with Gasteiger partial charge in [0.25, 0.3) is 0 Å². The molecule has 0 atom stereocenters. The molecule has 334 valence electrons. The molecule has 8 bridgehead atoms. The van der Waals surface area contributed by atoms with Crippen LogP contribution in [0.4, 0.5) is 0 Å². The van der Waals surface area contributed by atoms with Crippen molar-refractivity contribution < 1.29 is 24.2 Å². The minimum absolute atomic E-state index is 0. The number of halogens is 11. The average Bonchev–Trinajstić information content (AvgIpc) is 4.01. The third-order valence-electron chi connectivity index (χ3n) is 11.1. The number of fused-ring (bicyclic) bond motifs is 20. The Kier molecular flexibility index (Phi) is 12.8. The van der Waals surface area contributed by atoms with Crippen LogP contribution in [0.5, 0.6) is 11.5 Å². The smallest absolute Gasteiger partial charge is 0.454 e. The summed E-state index contributed by atoms with van der Waals surface area (Å²) in [6.45, 7) is 12.7. The standard InChI is InChI=1S/C46H25Cl11N8O.Zn/c1-45(2,3)14-11-15(46(4,5)6)13-16(12-14)66-36-30(52)24-23(29(51)35(36)57)40-60-38-18-10-8-7-9-17(18)37(58-38)59-39-19-20(26(48)32(54)31(53)25(19)47)41(61-39)63-42-21-22(43(64-42)65-44(24)62-40)28(50)34(56)33(55)27(21)49;/h7-13H,1-6H3;/q-2;+2. The summed E-state index contributed by atoms with van der Waals surface area (Å²) < 4.78 is 6.65. The molecule has 67 heavy (non-hydrogen) atoms. The molecular formula is C46H25Cl11N8OZn. The van der Waals surface area contributed by atoms with Crippen LogP contribution in [0.1, 0.15) is 52.7 Å². The van der Waals surface area contributed by atoms with Gasteiger partial charge in [-0.25, -0.2) is 9.97 Å². The van der Waals surface area contributed by atoms with Gasteiger partial charge >= 0.3 is 19.5 Å². The van der Waals surface area contributed by atoms with Gasteiger partial charge in [-0.2, -0.15) is 0 Å². The van der Waals surface area contributed by atoms with Gasteiger partial charge in [-0.1, -0.05) is 199 Å². The molecule has 5 heterocycles. The zero-order valence-electron chi connectivity index (χ0n) is 35.4. The van der Waals surface area contributed by atoms with Gasteiger partial charge in [0.1, 0.15) is 10.8 Å². The summed E-state index contributed by atoms with van der Waals surface area (Å²) >= 11 is 76.3. The van der Waals surface area contributed by atoms with E-state index in [4.69, 9.17) is 172 Å². The second-order valence-electron chi connectivity index (χ2n) is 17.4. The van der Waals surface area contributed by atoms with Crippen molar-refractivity contribution in [3.05, 3.63) is 109 Å². The summed E-state index contributed by atoms with van der Waals surface area (Å²) in [5.41, 5.74) is 2.81. The van der Waals surface area contributed by atoms with E-state index in [1.807, 2.05) is 36.4 Å². The summed E-state index contributed by atoms with van der Waals surface area (Å²) in [6.07, 6.45) is 0. The molecule has 3 aromatic heterocycles. The number of hydrogen-bond donors (Lipinski definition) is 0. The second-order valence-corrected chi connectivity index (χ2v) is 21.6. The van der Waals surface area contributed by atoms with Crippen LogP contribution in [0, 0.1) is 0 Å². The summed E-state index contributed by atoms with van der Waals surface area (Å²) in [5, 5.41) is 1.30. The minimum atomic E-state index is -0.232. The van der Waals surface area contributed by atoms with E-state index < -0.39 is 0 Å². The molecule has 2 aliphatic rings. The third kappa shape index (κ3) is 7.95. The van der Waals surface area contributed by atoms with Gasteiger partial charge in [0.15, 0.2) is 5.75 Å². The molecule has 0 N–H and O–H groups in total. The summed E-state index contributed by atoms with van der Waals surface area (Å²) in [5.74, 6) is 0.612. The molecule has 0 radical (unpaired) electrons. The van der Waals surface area contributed by atoms with Crippen molar-refractivity contribution in [2.24, 2.45) is 0 Å². The van der Waals surface area contributed by atoms with Gasteiger partial charge < -0.3 is 34.6 Å². The van der Waals surface area contributed by atoms with E-state index in [2.05, 4.69) is 47.6 Å². The Bertz CT molecular complexity index is 3660. The van der Waals surface area contributed by atoms with Crippen molar-refractivity contribution in [3.8, 4) is 57.1 Å². The maximum absolute atomic E-state index is 7.44. The summed E-state index contributed by atoms with van der Waals surface area (Å²) in [7, 11) is 0. The van der Waals surface area contributed by atoms with Crippen molar-refractivity contribution in [3.63, 3.8) is 0 Å². The van der Waals surface area contributed by atoms with E-state index in [0.29, 0.717) is 16.5 Å². The Morgan fingerprint density at radius 1 is 0.403 bits per heavy atom. The van der Waals surface area contributed by atoms with Crippen LogP contribution in [0.2, 0.25) is 55.2 Å². The van der Waals surface area contributed by atoms with Gasteiger partial charge in [0.2, 0.25) is 0 Å². The number of benzene rings is 5. The Hall–Kier alpha value is -2.93. The quantitative estimate of drug-likeness (QED) is 0.0948. The molecule has 0 saturated carbocycles. The van der Waals surface area contributed by atoms with Crippen LogP contribution in [0.15, 0.2) is 42.5 Å². The fourth-order valence-corrected chi connectivity index (χ4v) is 10.6. The summed E-state index contributed by atoms with van der Waals surface area (Å²) in [6, 6.07) is 13.4. The molecule has 0 amide bonds. The van der Waals surface area contributed by atoms with Crippen molar-refractivity contribution in [1.82, 2.24) is 39.9 Å². The Morgan fingerprint density at radius 3 is 1.15 bits per heavy atom. The van der Waals surface area contributed by atoms with E-state index in [-0.39, 0.29) is 170 Å². The molecule has 2 aliphatic heterocycles. The molecule has 8 aromatic rings. The minimum Gasteiger partial charge on any atom is -0.454 e. The molecular weight excluding hydrogens is 1140 g/mol. The van der Waals surface area contributed by atoms with Crippen LogP contribution in [0.3, 0.4) is 0 Å². The van der Waals surface area contributed by atoms with Crippen molar-refractivity contribution >= 4 is 172 Å². The van der Waals surface area contributed by atoms with Crippen molar-refractivity contribution in [2.75, 3.05) is 0 Å². The first-order valence-corrected chi connectivity index (χ1v) is 23.8. The predicted molar refractivity (Wildman–Crippen MR) is 273 cm³/mol. The molecule has 10 rings (SSSR count). The van der Waals surface area contributed by atoms with Crippen LogP contribution in [0.25, 0.3) is 89.7 Å². The topological polar surface area (TPSA) is 115 Å². The van der Waals surface area contributed by atoms with E-state index in [0.717, 1.165) is 11.1 Å². The number of rotatable bonds is 2. The molecule has 21 heteroatoms. The molecule has 5 aromatic carbocycles. The van der Waals surface area contributed by atoms with E-state index in [1.54, 1.807) is 0 Å². The molecule has 0 spiro atoms. The van der Waals surface area contributed by atoms with Gasteiger partial charge in [-0.15, -0.1) is 0 Å². The first kappa shape index (κ1) is 49.1. The van der Waals surface area contributed by atoms with Crippen LogP contribution in [-0.2, 0) is 30.3 Å². The Balaban J connectivity index is 0.00000562. The molecule has 9 nitrogen and oxygen atoms in total. The Morgan fingerprint density at radius 2 is 0.746 bits per heavy atom. The first-order chi connectivity index (χ1) is 31.0. The Labute approximate surface area is 449 Å². The number of aromatic nitrogens is 8. The zero-order valence-corrected chi connectivity index (χ0v) is 46.7. The fourth-order valence-electron chi connectivity index (χ4n) is 7.68. The SMILES string of the molecule is CC(C)(C)c1cc(Oc2c(Cl)c(Cl)c3c(c2Cl)-c2nc-3nc3[n-]c(nc4nc(nc5[n-]c(n2)c2c(Cl)c(Cl)c(Cl)c(Cl)c52)-c2c(Cl)c(Cl)c(Cl)c(Cl)c2-4)c2ccccc32)cc(C(C)(C)C)c1.[Zn+2]. The first-order valence-electron chi connectivity index (χ1n) is 19.6. The fraction of sp³-hybridized carbons (Fsp3) is 0.174.